The Hall–Kier alpha value is -2.63. The molecule has 25 heavy (non-hydrogen) atoms. The van der Waals surface area contributed by atoms with Crippen LogP contribution in [0.4, 0.5) is 0 Å². The average Bonchev–Trinajstić information content (AvgIpc) is 3.02. The fourth-order valence-electron chi connectivity index (χ4n) is 3.32. The van der Waals surface area contributed by atoms with Crippen LogP contribution >= 0.6 is 0 Å². The molecule has 0 fully saturated rings. The van der Waals surface area contributed by atoms with E-state index in [1.165, 1.54) is 5.69 Å². The summed E-state index contributed by atoms with van der Waals surface area (Å²) in [5, 5.41) is 10.3. The minimum absolute atomic E-state index is 0.0605. The maximum Gasteiger partial charge on any atom is 0.247 e. The number of nitrogens with one attached hydrogen (secondary N) is 2. The van der Waals surface area contributed by atoms with Crippen molar-refractivity contribution in [1.29, 1.82) is 0 Å². The van der Waals surface area contributed by atoms with Gasteiger partial charge in [-0.2, -0.15) is 5.10 Å². The highest BCUT2D eigenvalue weighted by Crippen LogP contribution is 2.29. The summed E-state index contributed by atoms with van der Waals surface area (Å²) in [6.45, 7) is 1.78. The molecule has 1 aliphatic carbocycles. The lowest BCUT2D eigenvalue weighted by atomic mass is 9.92. The van der Waals surface area contributed by atoms with Gasteiger partial charge in [0.05, 0.1) is 12.2 Å². The zero-order valence-electron chi connectivity index (χ0n) is 14.7. The highest BCUT2D eigenvalue weighted by atomic mass is 16.2. The molecule has 2 N–H and O–H groups in total. The van der Waals surface area contributed by atoms with Gasteiger partial charge in [-0.3, -0.25) is 14.3 Å². The topological polar surface area (TPSA) is 76.0 Å². The van der Waals surface area contributed by atoms with Crippen molar-refractivity contribution in [3.8, 4) is 0 Å². The summed E-state index contributed by atoms with van der Waals surface area (Å²) < 4.78 is 1.88. The van der Waals surface area contributed by atoms with Gasteiger partial charge in [-0.25, -0.2) is 0 Å². The number of aryl methyl sites for hydroxylation is 1. The van der Waals surface area contributed by atoms with Crippen molar-refractivity contribution in [2.24, 2.45) is 7.05 Å². The van der Waals surface area contributed by atoms with E-state index in [2.05, 4.69) is 15.7 Å². The molecule has 1 aromatic heterocycles. The van der Waals surface area contributed by atoms with Crippen LogP contribution in [0, 0.1) is 0 Å². The van der Waals surface area contributed by atoms with Gasteiger partial charge in [0.25, 0.3) is 0 Å². The Morgan fingerprint density at radius 3 is 2.80 bits per heavy atom. The molecule has 0 unspecified atom stereocenters. The summed E-state index contributed by atoms with van der Waals surface area (Å²) in [6, 6.07) is 8.60. The molecule has 0 aliphatic heterocycles. The largest absolute Gasteiger partial charge is 0.347 e. The van der Waals surface area contributed by atoms with E-state index in [1.54, 1.807) is 6.92 Å². The van der Waals surface area contributed by atoms with Crippen LogP contribution in [0.5, 0.6) is 0 Å². The standard InChI is InChI=1S/C19H24N4O2/c1-3-17(24)22-18(13-8-5-4-6-9-13)19(25)21-15-10-7-11-16-14(15)12-20-23(16)2/h4-6,8-9,12,15,18H,3,7,10-11H2,1-2H3,(H,21,25)(H,22,24)/t15-,18+/m0/s1. The SMILES string of the molecule is CCC(=O)N[C@@H](C(=O)N[C@H]1CCCc2c1cnn2C)c1ccccc1. The number of hydrogen-bond acceptors (Lipinski definition) is 3. The number of fused-ring (bicyclic) bond motifs is 1. The van der Waals surface area contributed by atoms with Crippen molar-refractivity contribution in [1.82, 2.24) is 20.4 Å². The van der Waals surface area contributed by atoms with Crippen LogP contribution < -0.4 is 10.6 Å². The van der Waals surface area contributed by atoms with E-state index in [9.17, 15) is 9.59 Å². The van der Waals surface area contributed by atoms with Crippen molar-refractivity contribution in [3.05, 3.63) is 53.3 Å². The summed E-state index contributed by atoms with van der Waals surface area (Å²) in [5.41, 5.74) is 3.03. The van der Waals surface area contributed by atoms with E-state index in [0.717, 1.165) is 30.4 Å². The summed E-state index contributed by atoms with van der Waals surface area (Å²) in [6.07, 6.45) is 5.05. The van der Waals surface area contributed by atoms with Gasteiger partial charge in [-0.05, 0) is 24.8 Å². The van der Waals surface area contributed by atoms with E-state index in [-0.39, 0.29) is 17.9 Å². The molecule has 6 heteroatoms. The summed E-state index contributed by atoms with van der Waals surface area (Å²) in [5.74, 6) is -0.329. The highest BCUT2D eigenvalue weighted by molar-refractivity contribution is 5.88. The highest BCUT2D eigenvalue weighted by Gasteiger charge is 2.29. The fraction of sp³-hybridized carbons (Fsp3) is 0.421. The monoisotopic (exact) mass is 340 g/mol. The maximum absolute atomic E-state index is 12.9. The van der Waals surface area contributed by atoms with Gasteiger partial charge in [-0.15, -0.1) is 0 Å². The average molecular weight is 340 g/mol. The number of amides is 2. The normalized spacial score (nSPS) is 17.4. The minimum atomic E-state index is -0.685. The van der Waals surface area contributed by atoms with Crippen LogP contribution in [0.2, 0.25) is 0 Å². The molecular formula is C19H24N4O2. The molecule has 2 aromatic rings. The molecule has 2 atom stereocenters. The molecule has 132 valence electrons. The Morgan fingerprint density at radius 2 is 2.08 bits per heavy atom. The minimum Gasteiger partial charge on any atom is -0.347 e. The smallest absolute Gasteiger partial charge is 0.247 e. The molecule has 0 saturated carbocycles. The molecule has 0 bridgehead atoms. The van der Waals surface area contributed by atoms with Crippen molar-refractivity contribution < 1.29 is 9.59 Å². The molecule has 0 spiro atoms. The second-order valence-corrected chi connectivity index (χ2v) is 6.39. The predicted molar refractivity (Wildman–Crippen MR) is 94.6 cm³/mol. The van der Waals surface area contributed by atoms with Crippen LogP contribution in [-0.4, -0.2) is 21.6 Å². The van der Waals surface area contributed by atoms with Gasteiger partial charge in [0.1, 0.15) is 6.04 Å². The Kier molecular flexibility index (Phi) is 5.16. The van der Waals surface area contributed by atoms with Crippen LogP contribution in [0.3, 0.4) is 0 Å². The predicted octanol–water partition coefficient (Wildman–Crippen LogP) is 2.18. The maximum atomic E-state index is 12.9. The first-order chi connectivity index (χ1) is 12.1. The van der Waals surface area contributed by atoms with E-state index >= 15 is 0 Å². The second kappa shape index (κ2) is 7.51. The molecule has 3 rings (SSSR count). The number of carbonyl (C=O) groups excluding carboxylic acids is 2. The van der Waals surface area contributed by atoms with Crippen LogP contribution in [-0.2, 0) is 23.1 Å². The van der Waals surface area contributed by atoms with Crippen molar-refractivity contribution in [2.75, 3.05) is 0 Å². The first-order valence-electron chi connectivity index (χ1n) is 8.75. The van der Waals surface area contributed by atoms with Gasteiger partial charge in [0, 0.05) is 24.7 Å². The lowest BCUT2D eigenvalue weighted by Crippen LogP contribution is -2.42. The number of benzene rings is 1. The van der Waals surface area contributed by atoms with Crippen LogP contribution in [0.1, 0.15) is 55.1 Å². The third-order valence-corrected chi connectivity index (χ3v) is 4.71. The third kappa shape index (κ3) is 3.73. The Labute approximate surface area is 147 Å². The molecule has 1 aromatic carbocycles. The second-order valence-electron chi connectivity index (χ2n) is 6.39. The summed E-state index contributed by atoms with van der Waals surface area (Å²) >= 11 is 0. The van der Waals surface area contributed by atoms with Gasteiger partial charge in [0.15, 0.2) is 0 Å². The molecule has 2 amide bonds. The summed E-state index contributed by atoms with van der Waals surface area (Å²) in [4.78, 5) is 24.8. The van der Waals surface area contributed by atoms with Crippen LogP contribution in [0.25, 0.3) is 0 Å². The van der Waals surface area contributed by atoms with Crippen molar-refractivity contribution in [2.45, 2.75) is 44.7 Å². The Morgan fingerprint density at radius 1 is 1.32 bits per heavy atom. The van der Waals surface area contributed by atoms with Crippen molar-refractivity contribution >= 4 is 11.8 Å². The lowest BCUT2D eigenvalue weighted by molar-refractivity contribution is -0.129. The quantitative estimate of drug-likeness (QED) is 0.876. The number of aromatic nitrogens is 2. The van der Waals surface area contributed by atoms with Gasteiger partial charge in [-0.1, -0.05) is 37.3 Å². The van der Waals surface area contributed by atoms with Crippen molar-refractivity contribution in [3.63, 3.8) is 0 Å². The molecule has 0 saturated heterocycles. The van der Waals surface area contributed by atoms with Crippen LogP contribution in [0.15, 0.2) is 36.5 Å². The number of hydrogen-bond donors (Lipinski definition) is 2. The van der Waals surface area contributed by atoms with Gasteiger partial charge >= 0.3 is 0 Å². The Bertz CT molecular complexity index is 754. The van der Waals surface area contributed by atoms with E-state index in [0.29, 0.717) is 6.42 Å². The van der Waals surface area contributed by atoms with E-state index in [1.807, 2.05) is 48.3 Å². The summed E-state index contributed by atoms with van der Waals surface area (Å²) in [7, 11) is 1.93. The first-order valence-corrected chi connectivity index (χ1v) is 8.75. The van der Waals surface area contributed by atoms with E-state index in [4.69, 9.17) is 0 Å². The molecular weight excluding hydrogens is 316 g/mol. The number of carbonyl (C=O) groups is 2. The zero-order chi connectivity index (χ0) is 17.8. The zero-order valence-corrected chi connectivity index (χ0v) is 14.7. The molecule has 6 nitrogen and oxygen atoms in total. The number of rotatable bonds is 5. The van der Waals surface area contributed by atoms with Gasteiger partial charge < -0.3 is 10.6 Å². The molecule has 1 heterocycles. The lowest BCUT2D eigenvalue weighted by Gasteiger charge is -2.26. The molecule has 0 radical (unpaired) electrons. The van der Waals surface area contributed by atoms with E-state index < -0.39 is 6.04 Å². The fourth-order valence-corrected chi connectivity index (χ4v) is 3.32. The number of nitrogens with zero attached hydrogens (tertiary/aromatic N) is 2. The third-order valence-electron chi connectivity index (χ3n) is 4.71. The molecule has 1 aliphatic rings. The first kappa shape index (κ1) is 17.2. The Balaban J connectivity index is 1.80. The van der Waals surface area contributed by atoms with Gasteiger partial charge in [0.2, 0.25) is 11.8 Å².